The Bertz CT molecular complexity index is 883. The van der Waals surface area contributed by atoms with Crippen molar-refractivity contribution >= 4 is 17.7 Å². The zero-order valence-corrected chi connectivity index (χ0v) is 14.5. The van der Waals surface area contributed by atoms with E-state index in [4.69, 9.17) is 4.74 Å². The number of hydrogen-bond donors (Lipinski definition) is 1. The van der Waals surface area contributed by atoms with Crippen molar-refractivity contribution in [3.05, 3.63) is 65.2 Å². The Morgan fingerprint density at radius 1 is 1.19 bits per heavy atom. The zero-order chi connectivity index (χ0) is 19.9. The van der Waals surface area contributed by atoms with Gasteiger partial charge in [0.05, 0.1) is 17.9 Å². The van der Waals surface area contributed by atoms with Crippen LogP contribution in [-0.4, -0.2) is 12.5 Å². The monoisotopic (exact) mass is 374 g/mol. The van der Waals surface area contributed by atoms with Crippen molar-refractivity contribution in [2.45, 2.75) is 19.5 Å². The first-order valence-electron chi connectivity index (χ1n) is 8.18. The third-order valence-electron chi connectivity index (χ3n) is 3.53. The summed E-state index contributed by atoms with van der Waals surface area (Å²) in [6.45, 7) is 2.39. The molecule has 0 bridgehead atoms. The summed E-state index contributed by atoms with van der Waals surface area (Å²) in [7, 11) is 0. The Morgan fingerprint density at radius 2 is 1.85 bits per heavy atom. The molecule has 2 rings (SSSR count). The highest BCUT2D eigenvalue weighted by molar-refractivity contribution is 6.10. The molecule has 0 heterocycles. The third-order valence-corrected chi connectivity index (χ3v) is 3.53. The van der Waals surface area contributed by atoms with Crippen LogP contribution in [0.1, 0.15) is 24.5 Å². The molecule has 4 nitrogen and oxygen atoms in total. The van der Waals surface area contributed by atoms with Gasteiger partial charge in [0.2, 0.25) is 0 Å². The summed E-state index contributed by atoms with van der Waals surface area (Å²) in [5.41, 5.74) is -1.24. The van der Waals surface area contributed by atoms with E-state index in [1.165, 1.54) is 18.2 Å². The summed E-state index contributed by atoms with van der Waals surface area (Å²) in [4.78, 5) is 12.3. The van der Waals surface area contributed by atoms with Crippen molar-refractivity contribution in [2.24, 2.45) is 0 Å². The molecule has 0 radical (unpaired) electrons. The number of amides is 1. The van der Waals surface area contributed by atoms with Gasteiger partial charge < -0.3 is 10.1 Å². The minimum atomic E-state index is -4.62. The summed E-state index contributed by atoms with van der Waals surface area (Å²) in [6, 6.07) is 13.1. The molecular formula is C20H17F3N2O2. The first kappa shape index (κ1) is 20.0. The van der Waals surface area contributed by atoms with E-state index in [1.807, 2.05) is 6.92 Å². The number of anilines is 1. The number of ether oxygens (including phenoxy) is 1. The van der Waals surface area contributed by atoms with Gasteiger partial charge in [-0.05, 0) is 30.7 Å². The number of alkyl halides is 3. The van der Waals surface area contributed by atoms with E-state index in [0.29, 0.717) is 17.9 Å². The minimum absolute atomic E-state index is 0.334. The molecule has 1 N–H and O–H groups in total. The summed E-state index contributed by atoms with van der Waals surface area (Å²) in [6.07, 6.45) is -2.56. The van der Waals surface area contributed by atoms with Gasteiger partial charge in [-0.15, -0.1) is 0 Å². The lowest BCUT2D eigenvalue weighted by molar-refractivity contribution is -0.137. The zero-order valence-electron chi connectivity index (χ0n) is 14.5. The summed E-state index contributed by atoms with van der Waals surface area (Å²) in [5.74, 6) is -0.449. The highest BCUT2D eigenvalue weighted by atomic mass is 19.4. The highest BCUT2D eigenvalue weighted by Gasteiger charge is 2.33. The number of nitrogens with one attached hydrogen (secondary N) is 1. The number of hydrogen-bond acceptors (Lipinski definition) is 3. The predicted octanol–water partition coefficient (Wildman–Crippen LogP) is 5.04. The van der Waals surface area contributed by atoms with Crippen LogP contribution in [0.4, 0.5) is 18.9 Å². The average Bonchev–Trinajstić information content (AvgIpc) is 2.64. The molecule has 7 heteroatoms. The van der Waals surface area contributed by atoms with Crippen LogP contribution in [0.5, 0.6) is 5.75 Å². The van der Waals surface area contributed by atoms with Gasteiger partial charge in [-0.1, -0.05) is 37.3 Å². The van der Waals surface area contributed by atoms with Crippen molar-refractivity contribution < 1.29 is 22.7 Å². The maximum Gasteiger partial charge on any atom is 0.418 e. The molecule has 0 aliphatic heterocycles. The largest absolute Gasteiger partial charge is 0.493 e. The van der Waals surface area contributed by atoms with Gasteiger partial charge in [-0.2, -0.15) is 18.4 Å². The second-order valence-corrected chi connectivity index (χ2v) is 5.55. The molecular weight excluding hydrogens is 357 g/mol. The second kappa shape index (κ2) is 8.90. The van der Waals surface area contributed by atoms with E-state index < -0.39 is 23.3 Å². The number of para-hydroxylation sites is 2. The van der Waals surface area contributed by atoms with Gasteiger partial charge in [-0.3, -0.25) is 4.79 Å². The van der Waals surface area contributed by atoms with Crippen molar-refractivity contribution in [1.29, 1.82) is 5.26 Å². The number of carbonyl (C=O) groups excluding carboxylic acids is 1. The smallest absolute Gasteiger partial charge is 0.418 e. The van der Waals surface area contributed by atoms with Gasteiger partial charge in [0.15, 0.2) is 0 Å². The Hall–Kier alpha value is -3.27. The molecule has 0 fully saturated rings. The van der Waals surface area contributed by atoms with E-state index >= 15 is 0 Å². The molecule has 0 aliphatic rings. The summed E-state index contributed by atoms with van der Waals surface area (Å²) in [5, 5.41) is 11.5. The highest BCUT2D eigenvalue weighted by Crippen LogP contribution is 2.34. The van der Waals surface area contributed by atoms with Crippen molar-refractivity contribution in [3.8, 4) is 11.8 Å². The topological polar surface area (TPSA) is 62.1 Å². The number of carbonyl (C=O) groups is 1. The van der Waals surface area contributed by atoms with Crippen LogP contribution in [-0.2, 0) is 11.0 Å². The Labute approximate surface area is 154 Å². The van der Waals surface area contributed by atoms with Crippen LogP contribution in [0.15, 0.2) is 54.1 Å². The molecule has 0 spiro atoms. The first-order valence-corrected chi connectivity index (χ1v) is 8.18. The normalized spacial score (nSPS) is 11.6. The lowest BCUT2D eigenvalue weighted by Crippen LogP contribution is -2.17. The van der Waals surface area contributed by atoms with E-state index in [9.17, 15) is 23.2 Å². The molecule has 2 aromatic carbocycles. The number of rotatable bonds is 6. The first-order chi connectivity index (χ1) is 12.9. The Morgan fingerprint density at radius 3 is 2.52 bits per heavy atom. The van der Waals surface area contributed by atoms with Crippen molar-refractivity contribution in [2.75, 3.05) is 11.9 Å². The van der Waals surface area contributed by atoms with Gasteiger partial charge >= 0.3 is 6.18 Å². The lowest BCUT2D eigenvalue weighted by atomic mass is 10.1. The summed E-state index contributed by atoms with van der Waals surface area (Å²) >= 11 is 0. The second-order valence-electron chi connectivity index (χ2n) is 5.55. The lowest BCUT2D eigenvalue weighted by Gasteiger charge is -2.13. The number of halogens is 3. The van der Waals surface area contributed by atoms with Gasteiger partial charge in [0.1, 0.15) is 17.4 Å². The molecule has 0 unspecified atom stereocenters. The maximum atomic E-state index is 13.1. The molecule has 0 saturated heterocycles. The van der Waals surface area contributed by atoms with Crippen LogP contribution in [0, 0.1) is 11.3 Å². The van der Waals surface area contributed by atoms with Gasteiger partial charge in [0.25, 0.3) is 5.91 Å². The Kier molecular flexibility index (Phi) is 6.61. The molecule has 0 aromatic heterocycles. The van der Waals surface area contributed by atoms with Crippen LogP contribution in [0.3, 0.4) is 0 Å². The number of nitriles is 1. The van der Waals surface area contributed by atoms with Crippen LogP contribution >= 0.6 is 0 Å². The van der Waals surface area contributed by atoms with Crippen molar-refractivity contribution in [3.63, 3.8) is 0 Å². The number of benzene rings is 2. The fourth-order valence-electron chi connectivity index (χ4n) is 2.28. The minimum Gasteiger partial charge on any atom is -0.493 e. The number of nitrogens with zero attached hydrogens (tertiary/aromatic N) is 1. The quantitative estimate of drug-likeness (QED) is 0.569. The molecule has 27 heavy (non-hydrogen) atoms. The molecule has 0 saturated carbocycles. The van der Waals surface area contributed by atoms with E-state index in [2.05, 4.69) is 5.32 Å². The van der Waals surface area contributed by atoms with Crippen LogP contribution < -0.4 is 10.1 Å². The molecule has 2 aromatic rings. The van der Waals surface area contributed by atoms with Crippen molar-refractivity contribution in [1.82, 2.24) is 0 Å². The summed E-state index contributed by atoms with van der Waals surface area (Å²) < 4.78 is 44.7. The maximum absolute atomic E-state index is 13.1. The predicted molar refractivity (Wildman–Crippen MR) is 95.9 cm³/mol. The van der Waals surface area contributed by atoms with Gasteiger partial charge in [0, 0.05) is 5.56 Å². The standard InChI is InChI=1S/C20H17F3N2O2/c1-2-11-27-18-10-6-3-7-14(18)12-15(13-24)19(26)25-17-9-5-4-8-16(17)20(21,22)23/h3-10,12H,2,11H2,1H3,(H,25,26)/b15-12+. The molecule has 0 atom stereocenters. The van der Waals surface area contributed by atoms with Crippen LogP contribution in [0.2, 0.25) is 0 Å². The third kappa shape index (κ3) is 5.35. The van der Waals surface area contributed by atoms with E-state index in [0.717, 1.165) is 18.6 Å². The van der Waals surface area contributed by atoms with E-state index in [-0.39, 0.29) is 5.57 Å². The fraction of sp³-hybridized carbons (Fsp3) is 0.200. The van der Waals surface area contributed by atoms with Gasteiger partial charge in [-0.25, -0.2) is 0 Å². The molecule has 1 amide bonds. The molecule has 0 aliphatic carbocycles. The Balaban J connectivity index is 2.31. The average molecular weight is 374 g/mol. The van der Waals surface area contributed by atoms with E-state index in [1.54, 1.807) is 30.3 Å². The fourth-order valence-corrected chi connectivity index (χ4v) is 2.28. The van der Waals surface area contributed by atoms with Crippen LogP contribution in [0.25, 0.3) is 6.08 Å². The molecule has 140 valence electrons. The SMILES string of the molecule is CCCOc1ccccc1/C=C(\C#N)C(=O)Nc1ccccc1C(F)(F)F.